The third-order valence-electron chi connectivity index (χ3n) is 4.05. The molecule has 1 aromatic heterocycles. The van der Waals surface area contributed by atoms with Gasteiger partial charge in [-0.3, -0.25) is 9.59 Å². The van der Waals surface area contributed by atoms with E-state index in [9.17, 15) is 9.59 Å². The van der Waals surface area contributed by atoms with Gasteiger partial charge in [-0.05, 0) is 18.2 Å². The van der Waals surface area contributed by atoms with Crippen LogP contribution in [-0.4, -0.2) is 46.8 Å². The summed E-state index contributed by atoms with van der Waals surface area (Å²) in [5.74, 6) is 0.948. The molecule has 0 bridgehead atoms. The third-order valence-corrected chi connectivity index (χ3v) is 4.05. The first-order valence-corrected chi connectivity index (χ1v) is 7.87. The Kier molecular flexibility index (Phi) is 4.41. The highest BCUT2D eigenvalue weighted by atomic mass is 16.2. The fourth-order valence-corrected chi connectivity index (χ4v) is 2.73. The van der Waals surface area contributed by atoms with E-state index in [4.69, 9.17) is 0 Å². The van der Waals surface area contributed by atoms with E-state index in [0.29, 0.717) is 19.5 Å². The molecular weight excluding hydrogens is 292 g/mol. The summed E-state index contributed by atoms with van der Waals surface area (Å²) in [4.78, 5) is 27.8. The van der Waals surface area contributed by atoms with Crippen LogP contribution in [0.25, 0.3) is 5.69 Å². The van der Waals surface area contributed by atoms with E-state index in [1.165, 1.54) is 4.68 Å². The van der Waals surface area contributed by atoms with Crippen LogP contribution in [0.2, 0.25) is 0 Å². The Labute approximate surface area is 134 Å². The van der Waals surface area contributed by atoms with Crippen molar-refractivity contribution in [1.82, 2.24) is 14.7 Å². The molecule has 1 amide bonds. The van der Waals surface area contributed by atoms with Gasteiger partial charge in [0.1, 0.15) is 5.82 Å². The molecule has 1 aliphatic rings. The second-order valence-corrected chi connectivity index (χ2v) is 5.50. The molecule has 6 heteroatoms. The van der Waals surface area contributed by atoms with Gasteiger partial charge in [-0.2, -0.15) is 4.68 Å². The summed E-state index contributed by atoms with van der Waals surface area (Å²) in [5, 5.41) is 4.48. The molecule has 1 saturated heterocycles. The van der Waals surface area contributed by atoms with E-state index < -0.39 is 0 Å². The number of carbonyl (C=O) groups is 1. The first-order chi connectivity index (χ1) is 11.2. The number of carbonyl (C=O) groups excluding carboxylic acids is 1. The van der Waals surface area contributed by atoms with Crippen molar-refractivity contribution in [1.29, 1.82) is 0 Å². The lowest BCUT2D eigenvalue weighted by atomic mass is 10.3. The molecule has 0 spiro atoms. The minimum atomic E-state index is -0.153. The van der Waals surface area contributed by atoms with E-state index in [1.54, 1.807) is 12.1 Å². The van der Waals surface area contributed by atoms with Gasteiger partial charge in [-0.15, -0.1) is 5.10 Å². The van der Waals surface area contributed by atoms with Crippen LogP contribution < -0.4 is 10.5 Å². The van der Waals surface area contributed by atoms with Gasteiger partial charge in [-0.25, -0.2) is 0 Å². The number of hydrogen-bond donors (Lipinski definition) is 0. The van der Waals surface area contributed by atoms with Gasteiger partial charge >= 0.3 is 0 Å². The molecule has 2 heterocycles. The fourth-order valence-electron chi connectivity index (χ4n) is 2.73. The zero-order valence-corrected chi connectivity index (χ0v) is 13.2. The number of rotatable bonds is 3. The molecule has 1 aromatic carbocycles. The maximum Gasteiger partial charge on any atom is 0.271 e. The molecule has 3 rings (SSSR count). The van der Waals surface area contributed by atoms with Crippen LogP contribution in [0.3, 0.4) is 0 Å². The first-order valence-electron chi connectivity index (χ1n) is 7.87. The SMILES string of the molecule is CCC(=O)N1CCN(c2ccc(=O)n(-c3ccccc3)n2)CC1. The predicted octanol–water partition coefficient (Wildman–Crippen LogP) is 1.29. The van der Waals surface area contributed by atoms with Crippen molar-refractivity contribution in [3.05, 3.63) is 52.8 Å². The second-order valence-electron chi connectivity index (χ2n) is 5.50. The molecule has 2 aromatic rings. The maximum atomic E-state index is 12.1. The highest BCUT2D eigenvalue weighted by Gasteiger charge is 2.21. The van der Waals surface area contributed by atoms with Crippen molar-refractivity contribution in [3.63, 3.8) is 0 Å². The van der Waals surface area contributed by atoms with Gasteiger partial charge < -0.3 is 9.80 Å². The maximum absolute atomic E-state index is 12.1. The van der Waals surface area contributed by atoms with Crippen LogP contribution in [0, 0.1) is 0 Å². The van der Waals surface area contributed by atoms with Gasteiger partial charge in [0.15, 0.2) is 0 Å². The van der Waals surface area contributed by atoms with E-state index in [-0.39, 0.29) is 11.5 Å². The summed E-state index contributed by atoms with van der Waals surface area (Å²) in [7, 11) is 0. The van der Waals surface area contributed by atoms with Crippen molar-refractivity contribution in [2.24, 2.45) is 0 Å². The number of piperazine rings is 1. The van der Waals surface area contributed by atoms with Crippen molar-refractivity contribution < 1.29 is 4.79 Å². The van der Waals surface area contributed by atoms with E-state index in [2.05, 4.69) is 10.00 Å². The Hall–Kier alpha value is -2.63. The molecular formula is C17H20N4O2. The molecule has 6 nitrogen and oxygen atoms in total. The van der Waals surface area contributed by atoms with E-state index >= 15 is 0 Å². The Balaban J connectivity index is 1.80. The molecule has 0 radical (unpaired) electrons. The summed E-state index contributed by atoms with van der Waals surface area (Å²) < 4.78 is 1.42. The summed E-state index contributed by atoms with van der Waals surface area (Å²) >= 11 is 0. The van der Waals surface area contributed by atoms with Crippen LogP contribution in [0.1, 0.15) is 13.3 Å². The van der Waals surface area contributed by atoms with Crippen molar-refractivity contribution in [2.45, 2.75) is 13.3 Å². The van der Waals surface area contributed by atoms with Crippen LogP contribution in [0.5, 0.6) is 0 Å². The highest BCUT2D eigenvalue weighted by molar-refractivity contribution is 5.76. The summed E-state index contributed by atoms with van der Waals surface area (Å²) in [6.07, 6.45) is 0.539. The Morgan fingerprint density at radius 3 is 2.39 bits per heavy atom. The lowest BCUT2D eigenvalue weighted by molar-refractivity contribution is -0.131. The van der Waals surface area contributed by atoms with E-state index in [0.717, 1.165) is 24.6 Å². The minimum absolute atomic E-state index is 0.153. The van der Waals surface area contributed by atoms with Crippen molar-refractivity contribution >= 4 is 11.7 Å². The largest absolute Gasteiger partial charge is 0.352 e. The standard InChI is InChI=1S/C17H20N4O2/c1-2-16(22)20-12-10-19(11-13-20)15-8-9-17(23)21(18-15)14-6-4-3-5-7-14/h3-9H,2,10-13H2,1H3. The molecule has 0 aliphatic carbocycles. The summed E-state index contributed by atoms with van der Waals surface area (Å²) in [6.45, 7) is 4.72. The Morgan fingerprint density at radius 2 is 1.74 bits per heavy atom. The minimum Gasteiger partial charge on any atom is -0.352 e. The monoisotopic (exact) mass is 312 g/mol. The number of amides is 1. The number of para-hydroxylation sites is 1. The fraction of sp³-hybridized carbons (Fsp3) is 0.353. The summed E-state index contributed by atoms with van der Waals surface area (Å²) in [6, 6.07) is 12.7. The highest BCUT2D eigenvalue weighted by Crippen LogP contribution is 2.13. The van der Waals surface area contributed by atoms with Crippen molar-refractivity contribution in [3.8, 4) is 5.69 Å². The average Bonchev–Trinajstić information content (AvgIpc) is 2.62. The molecule has 0 atom stereocenters. The second kappa shape index (κ2) is 6.64. The number of nitrogens with zero attached hydrogens (tertiary/aromatic N) is 4. The molecule has 0 saturated carbocycles. The van der Waals surface area contributed by atoms with Gasteiger partial charge in [0.25, 0.3) is 5.56 Å². The molecule has 120 valence electrons. The Bertz CT molecular complexity index is 734. The van der Waals surface area contributed by atoms with Gasteiger partial charge in [0, 0.05) is 38.7 Å². The summed E-state index contributed by atoms with van der Waals surface area (Å²) in [5.41, 5.74) is 0.596. The first kappa shape index (κ1) is 15.3. The molecule has 1 fully saturated rings. The Morgan fingerprint density at radius 1 is 1.04 bits per heavy atom. The number of hydrogen-bond acceptors (Lipinski definition) is 4. The topological polar surface area (TPSA) is 58.4 Å². The normalized spacial score (nSPS) is 14.8. The van der Waals surface area contributed by atoms with E-state index in [1.807, 2.05) is 42.2 Å². The van der Waals surface area contributed by atoms with Crippen LogP contribution in [0.15, 0.2) is 47.3 Å². The third kappa shape index (κ3) is 3.26. The van der Waals surface area contributed by atoms with Crippen LogP contribution in [0.4, 0.5) is 5.82 Å². The van der Waals surface area contributed by atoms with Crippen LogP contribution >= 0.6 is 0 Å². The zero-order valence-electron chi connectivity index (χ0n) is 13.2. The lowest BCUT2D eigenvalue weighted by Gasteiger charge is -2.35. The number of anilines is 1. The smallest absolute Gasteiger partial charge is 0.271 e. The van der Waals surface area contributed by atoms with Crippen LogP contribution in [-0.2, 0) is 4.79 Å². The molecule has 0 unspecified atom stereocenters. The molecule has 23 heavy (non-hydrogen) atoms. The zero-order chi connectivity index (χ0) is 16.2. The number of aromatic nitrogens is 2. The molecule has 1 aliphatic heterocycles. The predicted molar refractivity (Wildman–Crippen MR) is 88.9 cm³/mol. The molecule has 0 N–H and O–H groups in total. The average molecular weight is 312 g/mol. The lowest BCUT2D eigenvalue weighted by Crippen LogP contribution is -2.49. The van der Waals surface area contributed by atoms with Gasteiger partial charge in [0.2, 0.25) is 5.91 Å². The quantitative estimate of drug-likeness (QED) is 0.857. The van der Waals surface area contributed by atoms with Gasteiger partial charge in [-0.1, -0.05) is 25.1 Å². The van der Waals surface area contributed by atoms with Gasteiger partial charge in [0.05, 0.1) is 5.69 Å². The number of benzene rings is 1. The van der Waals surface area contributed by atoms with Crippen molar-refractivity contribution in [2.75, 3.05) is 31.1 Å².